The van der Waals surface area contributed by atoms with E-state index in [9.17, 15) is 14.0 Å². The number of rotatable bonds is 8. The molecule has 1 saturated carbocycles. The van der Waals surface area contributed by atoms with E-state index >= 15 is 0 Å². The molecule has 0 saturated heterocycles. The van der Waals surface area contributed by atoms with Gasteiger partial charge in [-0.2, -0.15) is 0 Å². The van der Waals surface area contributed by atoms with Gasteiger partial charge in [-0.15, -0.1) is 6.58 Å². The highest BCUT2D eigenvalue weighted by atomic mass is 35.5. The van der Waals surface area contributed by atoms with Gasteiger partial charge in [-0.25, -0.2) is 9.37 Å². The Morgan fingerprint density at radius 2 is 1.94 bits per heavy atom. The largest absolute Gasteiger partial charge is 0.329 e. The third-order valence-electron chi connectivity index (χ3n) is 5.91. The number of benzene rings is 2. The van der Waals surface area contributed by atoms with Gasteiger partial charge in [0.1, 0.15) is 12.4 Å². The molecular formula is C26H26ClFN4O2. The number of nitrogens with zero attached hydrogens (tertiary/aromatic N) is 3. The molecule has 2 amide bonds. The van der Waals surface area contributed by atoms with Crippen LogP contribution in [0.2, 0.25) is 5.02 Å². The van der Waals surface area contributed by atoms with Crippen LogP contribution in [-0.2, 0) is 9.59 Å². The quantitative estimate of drug-likeness (QED) is 0.434. The number of imidazole rings is 1. The molecule has 4 rings (SSSR count). The first-order valence-corrected chi connectivity index (χ1v) is 11.6. The summed E-state index contributed by atoms with van der Waals surface area (Å²) in [5, 5.41) is 2.78. The van der Waals surface area contributed by atoms with Crippen LogP contribution < -0.4 is 5.32 Å². The van der Waals surface area contributed by atoms with Gasteiger partial charge in [-0.3, -0.25) is 19.5 Å². The molecule has 0 unspecified atom stereocenters. The van der Waals surface area contributed by atoms with Crippen molar-refractivity contribution >= 4 is 29.4 Å². The zero-order valence-corrected chi connectivity index (χ0v) is 19.5. The first-order valence-electron chi connectivity index (χ1n) is 11.3. The van der Waals surface area contributed by atoms with E-state index in [1.54, 1.807) is 22.9 Å². The van der Waals surface area contributed by atoms with Crippen molar-refractivity contribution in [3.05, 3.63) is 78.2 Å². The van der Waals surface area contributed by atoms with Gasteiger partial charge < -0.3 is 4.90 Å². The number of aromatic nitrogens is 2. The predicted molar refractivity (Wildman–Crippen MR) is 131 cm³/mol. The van der Waals surface area contributed by atoms with Crippen molar-refractivity contribution in [1.29, 1.82) is 0 Å². The second-order valence-electron chi connectivity index (χ2n) is 8.32. The van der Waals surface area contributed by atoms with Crippen LogP contribution in [0.5, 0.6) is 0 Å². The Hall–Kier alpha value is -3.45. The third-order valence-corrected chi connectivity index (χ3v) is 6.20. The lowest BCUT2D eigenvalue weighted by Gasteiger charge is -2.23. The van der Waals surface area contributed by atoms with Gasteiger partial charge in [0.2, 0.25) is 17.8 Å². The summed E-state index contributed by atoms with van der Waals surface area (Å²) in [5.74, 6) is -0.733. The predicted octanol–water partition coefficient (Wildman–Crippen LogP) is 5.48. The van der Waals surface area contributed by atoms with E-state index < -0.39 is 5.82 Å². The number of anilines is 1. The lowest BCUT2D eigenvalue weighted by molar-refractivity contribution is -0.137. The molecule has 0 bridgehead atoms. The maximum Gasteiger partial charge on any atom is 0.246 e. The van der Waals surface area contributed by atoms with E-state index in [2.05, 4.69) is 16.9 Å². The number of hydrogen-bond acceptors (Lipinski definition) is 3. The van der Waals surface area contributed by atoms with Gasteiger partial charge >= 0.3 is 0 Å². The highest BCUT2D eigenvalue weighted by molar-refractivity contribution is 6.30. The lowest BCUT2D eigenvalue weighted by atomic mass is 10.1. The van der Waals surface area contributed by atoms with Crippen LogP contribution in [0.1, 0.15) is 25.7 Å². The molecule has 1 N–H and O–H groups in total. The number of nitrogens with one attached hydrogen (secondary N) is 1. The minimum absolute atomic E-state index is 0.0221. The lowest BCUT2D eigenvalue weighted by Crippen LogP contribution is -2.41. The summed E-state index contributed by atoms with van der Waals surface area (Å²) in [4.78, 5) is 32.0. The van der Waals surface area contributed by atoms with Gasteiger partial charge in [0.25, 0.3) is 0 Å². The monoisotopic (exact) mass is 480 g/mol. The minimum atomic E-state index is -0.537. The normalized spacial score (nSPS) is 13.6. The van der Waals surface area contributed by atoms with Gasteiger partial charge in [-0.1, -0.05) is 60.9 Å². The molecule has 1 aromatic heterocycles. The molecular weight excluding hydrogens is 455 g/mol. The minimum Gasteiger partial charge on any atom is -0.329 e. The van der Waals surface area contributed by atoms with Crippen molar-refractivity contribution in [2.24, 2.45) is 5.92 Å². The van der Waals surface area contributed by atoms with Crippen molar-refractivity contribution in [2.45, 2.75) is 25.7 Å². The Bertz CT molecular complexity index is 1190. The molecule has 0 spiro atoms. The van der Waals surface area contributed by atoms with Gasteiger partial charge in [0, 0.05) is 24.2 Å². The fraction of sp³-hybridized carbons (Fsp3) is 0.269. The van der Waals surface area contributed by atoms with Gasteiger partial charge in [0.05, 0.1) is 16.4 Å². The number of halogens is 2. The summed E-state index contributed by atoms with van der Waals surface area (Å²) in [5.41, 5.74) is 2.03. The van der Waals surface area contributed by atoms with Gasteiger partial charge in [-0.05, 0) is 31.0 Å². The summed E-state index contributed by atoms with van der Waals surface area (Å²) < 4.78 is 15.4. The van der Waals surface area contributed by atoms with Crippen LogP contribution in [0.3, 0.4) is 0 Å². The van der Waals surface area contributed by atoms with E-state index in [0.29, 0.717) is 17.9 Å². The Balaban J connectivity index is 1.60. The highest BCUT2D eigenvalue weighted by Crippen LogP contribution is 2.28. The molecule has 34 heavy (non-hydrogen) atoms. The molecule has 8 heteroatoms. The molecule has 1 fully saturated rings. The van der Waals surface area contributed by atoms with Crippen molar-refractivity contribution in [3.63, 3.8) is 0 Å². The van der Waals surface area contributed by atoms with Crippen LogP contribution in [0, 0.1) is 11.7 Å². The average Bonchev–Trinajstić information content (AvgIpc) is 3.51. The van der Waals surface area contributed by atoms with Crippen LogP contribution >= 0.6 is 11.6 Å². The number of amides is 2. The number of hydrogen-bond donors (Lipinski definition) is 1. The summed E-state index contributed by atoms with van der Waals surface area (Å²) in [6.07, 6.45) is 7.14. The number of carbonyl (C=O) groups excluding carboxylic acids is 2. The van der Waals surface area contributed by atoms with Crippen molar-refractivity contribution in [3.8, 4) is 16.9 Å². The van der Waals surface area contributed by atoms with Crippen molar-refractivity contribution in [2.75, 3.05) is 18.4 Å². The average molecular weight is 481 g/mol. The molecule has 2 aromatic carbocycles. The highest BCUT2D eigenvalue weighted by Gasteiger charge is 2.28. The Morgan fingerprint density at radius 1 is 1.21 bits per heavy atom. The van der Waals surface area contributed by atoms with Crippen LogP contribution in [-0.4, -0.2) is 39.4 Å². The molecule has 0 atom stereocenters. The van der Waals surface area contributed by atoms with E-state index in [1.165, 1.54) is 17.0 Å². The van der Waals surface area contributed by atoms with Crippen LogP contribution in [0.25, 0.3) is 16.9 Å². The standard InChI is InChI=1S/C26H26ClFN4O2/c1-2-14-31(25(34)19-10-6-7-11-19)17-24(33)30-26-29-23(18-8-4-3-5-9-18)16-32(26)20-12-13-22(28)21(27)15-20/h2-5,8-9,12-13,15-16,19H,1,6-7,10-11,14,17H2,(H,29,30,33). The summed E-state index contributed by atoms with van der Waals surface area (Å²) in [6.45, 7) is 3.90. The summed E-state index contributed by atoms with van der Waals surface area (Å²) in [7, 11) is 0. The maximum atomic E-state index is 13.7. The molecule has 6 nitrogen and oxygen atoms in total. The van der Waals surface area contributed by atoms with E-state index in [1.807, 2.05) is 30.3 Å². The smallest absolute Gasteiger partial charge is 0.246 e. The molecule has 0 aliphatic heterocycles. The zero-order valence-electron chi connectivity index (χ0n) is 18.7. The summed E-state index contributed by atoms with van der Waals surface area (Å²) >= 11 is 6.00. The van der Waals surface area contributed by atoms with E-state index in [4.69, 9.17) is 11.6 Å². The van der Waals surface area contributed by atoms with Crippen molar-refractivity contribution in [1.82, 2.24) is 14.5 Å². The Labute approximate surface area is 203 Å². The van der Waals surface area contributed by atoms with E-state index in [0.717, 1.165) is 31.2 Å². The second kappa shape index (κ2) is 10.7. The first kappa shape index (κ1) is 23.7. The molecule has 1 heterocycles. The third kappa shape index (κ3) is 5.37. The maximum absolute atomic E-state index is 13.7. The Kier molecular flexibility index (Phi) is 7.43. The zero-order chi connectivity index (χ0) is 24.1. The second-order valence-corrected chi connectivity index (χ2v) is 8.73. The number of carbonyl (C=O) groups is 2. The molecule has 0 radical (unpaired) electrons. The summed E-state index contributed by atoms with van der Waals surface area (Å²) in [6, 6.07) is 13.8. The topological polar surface area (TPSA) is 67.2 Å². The molecule has 1 aliphatic rings. The molecule has 3 aromatic rings. The van der Waals surface area contributed by atoms with Crippen molar-refractivity contribution < 1.29 is 14.0 Å². The van der Waals surface area contributed by atoms with E-state index in [-0.39, 0.29) is 35.2 Å². The fourth-order valence-corrected chi connectivity index (χ4v) is 4.38. The SMILES string of the molecule is C=CCN(CC(=O)Nc1nc(-c2ccccc2)cn1-c1ccc(F)c(Cl)c1)C(=O)C1CCCC1. The van der Waals surface area contributed by atoms with Crippen LogP contribution in [0.15, 0.2) is 67.4 Å². The first-order chi connectivity index (χ1) is 16.5. The fourth-order valence-electron chi connectivity index (χ4n) is 4.20. The van der Waals surface area contributed by atoms with Gasteiger partial charge in [0.15, 0.2) is 0 Å². The van der Waals surface area contributed by atoms with Crippen LogP contribution in [0.4, 0.5) is 10.3 Å². The Morgan fingerprint density at radius 3 is 2.62 bits per heavy atom. The molecule has 176 valence electrons. The molecule has 1 aliphatic carbocycles.